The highest BCUT2D eigenvalue weighted by Gasteiger charge is 2.32. The monoisotopic (exact) mass is 449 g/mol. The standard InChI is InChI=1S/C17H15ClF3N3O2S2/c1-10(12-5-8-14(22-9-12)17(19,20)21)28(2,26)24-16(27)23-15(25)11-3-6-13(18)7-4-11/h3-10H,1-2H3,(H,23,25,27). The molecule has 150 valence electrons. The first-order valence-electron chi connectivity index (χ1n) is 7.75. The second kappa shape index (κ2) is 8.54. The van der Waals surface area contributed by atoms with Crippen LogP contribution < -0.4 is 5.32 Å². The molecule has 2 rings (SSSR count). The molecule has 0 aliphatic carbocycles. The molecule has 28 heavy (non-hydrogen) atoms. The SMILES string of the molecule is CC(c1ccc(C(F)(F)F)nc1)S(C)(=O)=NC(=S)NC(=O)c1ccc(Cl)cc1. The Kier molecular flexibility index (Phi) is 6.79. The number of carbonyl (C=O) groups excluding carboxylic acids is 1. The summed E-state index contributed by atoms with van der Waals surface area (Å²) < 4.78 is 54.6. The molecule has 2 atom stereocenters. The number of aromatic nitrogens is 1. The van der Waals surface area contributed by atoms with Crippen LogP contribution in [0.3, 0.4) is 0 Å². The fraction of sp³-hybridized carbons (Fsp3) is 0.235. The maximum atomic E-state index is 12.9. The minimum absolute atomic E-state index is 0.282. The van der Waals surface area contributed by atoms with Gasteiger partial charge >= 0.3 is 6.18 Å². The van der Waals surface area contributed by atoms with Gasteiger partial charge in [-0.25, -0.2) is 4.21 Å². The molecule has 0 fully saturated rings. The van der Waals surface area contributed by atoms with E-state index in [4.69, 9.17) is 23.8 Å². The van der Waals surface area contributed by atoms with Gasteiger partial charge in [0.2, 0.25) is 5.11 Å². The molecular formula is C17H15ClF3N3O2S2. The average molecular weight is 450 g/mol. The quantitative estimate of drug-likeness (QED) is 0.693. The van der Waals surface area contributed by atoms with Gasteiger partial charge in [-0.2, -0.15) is 17.5 Å². The van der Waals surface area contributed by atoms with E-state index in [-0.39, 0.29) is 10.7 Å². The second-order valence-electron chi connectivity index (χ2n) is 5.84. The Morgan fingerprint density at radius 2 is 1.86 bits per heavy atom. The molecule has 1 amide bonds. The van der Waals surface area contributed by atoms with E-state index in [2.05, 4.69) is 14.7 Å². The van der Waals surface area contributed by atoms with Crippen LogP contribution in [0.5, 0.6) is 0 Å². The average Bonchev–Trinajstić information content (AvgIpc) is 2.60. The lowest BCUT2D eigenvalue weighted by molar-refractivity contribution is -0.141. The molecule has 1 aromatic carbocycles. The zero-order valence-corrected chi connectivity index (χ0v) is 17.0. The van der Waals surface area contributed by atoms with E-state index in [1.165, 1.54) is 43.5 Å². The zero-order chi connectivity index (χ0) is 21.1. The van der Waals surface area contributed by atoms with Crippen LogP contribution >= 0.6 is 23.8 Å². The summed E-state index contributed by atoms with van der Waals surface area (Å²) in [5.74, 6) is -0.551. The summed E-state index contributed by atoms with van der Waals surface area (Å²) in [6.07, 6.45) is -2.26. The van der Waals surface area contributed by atoms with E-state index in [9.17, 15) is 22.2 Å². The van der Waals surface area contributed by atoms with Gasteiger partial charge in [0.05, 0.1) is 15.0 Å². The number of rotatable bonds is 3. The van der Waals surface area contributed by atoms with Crippen molar-refractivity contribution in [3.63, 3.8) is 0 Å². The van der Waals surface area contributed by atoms with Crippen LogP contribution in [0.4, 0.5) is 13.2 Å². The van der Waals surface area contributed by atoms with Crippen molar-refractivity contribution in [3.8, 4) is 0 Å². The zero-order valence-electron chi connectivity index (χ0n) is 14.7. The summed E-state index contributed by atoms with van der Waals surface area (Å²) >= 11 is 10.7. The van der Waals surface area contributed by atoms with E-state index in [0.717, 1.165) is 12.3 Å². The number of carbonyl (C=O) groups is 1. The first-order chi connectivity index (χ1) is 12.9. The molecule has 2 aromatic rings. The Labute approximate surface area is 170 Å². The molecule has 0 saturated carbocycles. The smallest absolute Gasteiger partial charge is 0.297 e. The first-order valence-corrected chi connectivity index (χ1v) is 10.5. The van der Waals surface area contributed by atoms with Crippen LogP contribution in [0.1, 0.15) is 33.8 Å². The van der Waals surface area contributed by atoms with E-state index in [1.807, 2.05) is 0 Å². The molecule has 0 spiro atoms. The van der Waals surface area contributed by atoms with Crippen molar-refractivity contribution in [1.82, 2.24) is 10.3 Å². The molecule has 0 radical (unpaired) electrons. The highest BCUT2D eigenvalue weighted by Crippen LogP contribution is 2.29. The predicted molar refractivity (Wildman–Crippen MR) is 106 cm³/mol. The van der Waals surface area contributed by atoms with Crippen molar-refractivity contribution in [2.24, 2.45) is 4.36 Å². The van der Waals surface area contributed by atoms with Crippen molar-refractivity contribution in [2.45, 2.75) is 18.3 Å². The topological polar surface area (TPSA) is 71.4 Å². The lowest BCUT2D eigenvalue weighted by Gasteiger charge is -2.15. The third-order valence-corrected chi connectivity index (χ3v) is 6.48. The lowest BCUT2D eigenvalue weighted by Crippen LogP contribution is -2.28. The van der Waals surface area contributed by atoms with Crippen molar-refractivity contribution in [3.05, 3.63) is 64.4 Å². The molecule has 5 nitrogen and oxygen atoms in total. The largest absolute Gasteiger partial charge is 0.433 e. The van der Waals surface area contributed by atoms with Gasteiger partial charge in [-0.1, -0.05) is 17.7 Å². The van der Waals surface area contributed by atoms with E-state index in [0.29, 0.717) is 10.6 Å². The molecule has 1 N–H and O–H groups in total. The normalized spacial score (nSPS) is 14.6. The summed E-state index contributed by atoms with van der Waals surface area (Å²) in [5.41, 5.74) is -0.464. The van der Waals surface area contributed by atoms with Gasteiger partial charge in [0.1, 0.15) is 5.69 Å². The summed E-state index contributed by atoms with van der Waals surface area (Å²) in [4.78, 5) is 15.5. The van der Waals surface area contributed by atoms with E-state index in [1.54, 1.807) is 0 Å². The molecule has 1 aromatic heterocycles. The highest BCUT2D eigenvalue weighted by atomic mass is 35.5. The molecule has 0 saturated heterocycles. The molecule has 1 heterocycles. The number of hydrogen-bond acceptors (Lipinski definition) is 4. The second-order valence-corrected chi connectivity index (χ2v) is 9.27. The third kappa shape index (κ3) is 5.73. The first kappa shape index (κ1) is 22.3. The van der Waals surface area contributed by atoms with Crippen LogP contribution in [-0.2, 0) is 15.9 Å². The van der Waals surface area contributed by atoms with Gasteiger partial charge in [-0.15, -0.1) is 0 Å². The Hall–Kier alpha value is -2.04. The fourth-order valence-corrected chi connectivity index (χ4v) is 3.94. The van der Waals surface area contributed by atoms with Gasteiger partial charge in [-0.05, 0) is 55.0 Å². The maximum Gasteiger partial charge on any atom is 0.433 e. The molecule has 0 bridgehead atoms. The Balaban J connectivity index is 2.16. The predicted octanol–water partition coefficient (Wildman–Crippen LogP) is 4.63. The van der Waals surface area contributed by atoms with Crippen molar-refractivity contribution >= 4 is 44.6 Å². The van der Waals surface area contributed by atoms with Gasteiger partial charge in [0, 0.05) is 23.0 Å². The van der Waals surface area contributed by atoms with Crippen molar-refractivity contribution < 1.29 is 22.2 Å². The summed E-state index contributed by atoms with van der Waals surface area (Å²) in [5, 5.41) is 1.74. The van der Waals surface area contributed by atoms with Crippen LogP contribution in [0, 0.1) is 0 Å². The Morgan fingerprint density at radius 1 is 1.25 bits per heavy atom. The number of halogens is 4. The molecule has 0 aliphatic rings. The number of nitrogens with zero attached hydrogens (tertiary/aromatic N) is 2. The minimum Gasteiger partial charge on any atom is -0.297 e. The van der Waals surface area contributed by atoms with E-state index < -0.39 is 32.8 Å². The van der Waals surface area contributed by atoms with Gasteiger partial charge in [0.15, 0.2) is 0 Å². The molecule has 2 unspecified atom stereocenters. The van der Waals surface area contributed by atoms with Crippen LogP contribution in [0.15, 0.2) is 47.0 Å². The minimum atomic E-state index is -4.56. The maximum absolute atomic E-state index is 12.9. The molecule has 11 heteroatoms. The lowest BCUT2D eigenvalue weighted by atomic mass is 10.2. The fourth-order valence-electron chi connectivity index (χ4n) is 2.10. The van der Waals surface area contributed by atoms with Crippen LogP contribution in [-0.4, -0.2) is 26.5 Å². The van der Waals surface area contributed by atoms with Crippen molar-refractivity contribution in [2.75, 3.05) is 6.26 Å². The van der Waals surface area contributed by atoms with Crippen LogP contribution in [0.2, 0.25) is 5.02 Å². The number of nitrogens with one attached hydrogen (secondary N) is 1. The summed E-state index contributed by atoms with van der Waals surface area (Å²) in [6.45, 7) is 1.53. The van der Waals surface area contributed by atoms with Gasteiger partial charge in [0.25, 0.3) is 5.91 Å². The highest BCUT2D eigenvalue weighted by molar-refractivity contribution is 7.94. The summed E-state index contributed by atoms with van der Waals surface area (Å²) in [7, 11) is -3.02. The number of benzene rings is 1. The van der Waals surface area contributed by atoms with Crippen LogP contribution in [0.25, 0.3) is 0 Å². The van der Waals surface area contributed by atoms with Crippen molar-refractivity contribution in [1.29, 1.82) is 0 Å². The Morgan fingerprint density at radius 3 is 2.36 bits per heavy atom. The third-order valence-electron chi connectivity index (χ3n) is 3.79. The van der Waals surface area contributed by atoms with E-state index >= 15 is 0 Å². The number of pyridine rings is 1. The number of hydrogen-bond donors (Lipinski definition) is 1. The number of alkyl halides is 3. The Bertz CT molecular complexity index is 1000. The molecular weight excluding hydrogens is 435 g/mol. The number of thiocarbonyl (C=S) groups is 1. The van der Waals surface area contributed by atoms with Gasteiger partial charge in [-0.3, -0.25) is 15.1 Å². The molecule has 0 aliphatic heterocycles. The van der Waals surface area contributed by atoms with Gasteiger partial charge < -0.3 is 0 Å². The number of amides is 1. The summed E-state index contributed by atoms with van der Waals surface area (Å²) in [6, 6.07) is 8.02.